The molecule has 2 aliphatic heterocycles. The molecule has 1 amide bonds. The second-order valence-electron chi connectivity index (χ2n) is 11.8. The van der Waals surface area contributed by atoms with Crippen molar-refractivity contribution in [3.63, 3.8) is 0 Å². The zero-order valence-electron chi connectivity index (χ0n) is 24.4. The number of likely N-dealkylation sites (tertiary alicyclic amines) is 1. The first-order valence-electron chi connectivity index (χ1n) is 14.4. The number of carbonyl (C=O) groups excluding carboxylic acids is 1. The van der Waals surface area contributed by atoms with E-state index in [1.807, 2.05) is 33.9 Å². The third-order valence-corrected chi connectivity index (χ3v) is 8.29. The molecule has 2 fully saturated rings. The van der Waals surface area contributed by atoms with Gasteiger partial charge >= 0.3 is 0 Å². The van der Waals surface area contributed by atoms with Crippen molar-refractivity contribution in [3.05, 3.63) is 41.8 Å². The number of anilines is 1. The number of amides is 1. The van der Waals surface area contributed by atoms with Crippen molar-refractivity contribution in [2.45, 2.75) is 66.0 Å². The second-order valence-corrected chi connectivity index (χ2v) is 11.8. The van der Waals surface area contributed by atoms with Crippen LogP contribution in [0.15, 0.2) is 30.5 Å². The minimum atomic E-state index is -0.480. The van der Waals surface area contributed by atoms with Gasteiger partial charge in [-0.3, -0.25) is 9.69 Å². The Kier molecular flexibility index (Phi) is 9.43. The second kappa shape index (κ2) is 12.6. The van der Waals surface area contributed by atoms with Gasteiger partial charge in [-0.25, -0.2) is 4.39 Å². The van der Waals surface area contributed by atoms with Crippen molar-refractivity contribution >= 4 is 11.6 Å². The van der Waals surface area contributed by atoms with Gasteiger partial charge in [0.05, 0.1) is 11.8 Å². The lowest BCUT2D eigenvalue weighted by molar-refractivity contribution is -0.0338. The first-order chi connectivity index (χ1) is 18.7. The Morgan fingerprint density at radius 2 is 1.97 bits per heavy atom. The lowest BCUT2D eigenvalue weighted by Crippen LogP contribution is -2.61. The van der Waals surface area contributed by atoms with Gasteiger partial charge in [0.25, 0.3) is 11.8 Å². The lowest BCUT2D eigenvalue weighted by atomic mass is 9.76. The van der Waals surface area contributed by atoms with Crippen molar-refractivity contribution in [3.8, 4) is 11.6 Å². The lowest BCUT2D eigenvalue weighted by Gasteiger charge is -2.53. The SMILES string of the molecule is CCN(C(=O)c1cc(F)ccc1Oc1nnccc1N1CCC2(C1)CN(C(CCCNC)C(C)C)C2)C(C)C. The summed E-state index contributed by atoms with van der Waals surface area (Å²) in [4.78, 5) is 20.0. The Labute approximate surface area is 232 Å². The molecule has 1 spiro atoms. The summed E-state index contributed by atoms with van der Waals surface area (Å²) in [6.45, 7) is 16.1. The topological polar surface area (TPSA) is 73.8 Å². The Morgan fingerprint density at radius 1 is 1.21 bits per heavy atom. The highest BCUT2D eigenvalue weighted by molar-refractivity contribution is 5.97. The van der Waals surface area contributed by atoms with E-state index >= 15 is 0 Å². The fourth-order valence-electron chi connectivity index (χ4n) is 6.26. The molecule has 1 aromatic heterocycles. The molecule has 2 saturated heterocycles. The molecule has 0 bridgehead atoms. The summed E-state index contributed by atoms with van der Waals surface area (Å²) in [6.07, 6.45) is 5.20. The molecule has 1 atom stereocenters. The van der Waals surface area contributed by atoms with Crippen LogP contribution in [0, 0.1) is 17.2 Å². The van der Waals surface area contributed by atoms with Gasteiger partial charge in [-0.05, 0) is 83.8 Å². The first-order valence-corrected chi connectivity index (χ1v) is 14.4. The highest BCUT2D eigenvalue weighted by Crippen LogP contribution is 2.45. The minimum Gasteiger partial charge on any atom is -0.435 e. The molecule has 214 valence electrons. The number of benzene rings is 1. The number of nitrogens with zero attached hydrogens (tertiary/aromatic N) is 5. The zero-order chi connectivity index (χ0) is 28.2. The van der Waals surface area contributed by atoms with Gasteiger partial charge in [0.15, 0.2) is 0 Å². The standard InChI is InChI=1S/C30H45FN6O2/c1-7-37(22(4)5)29(38)24-17-23(31)10-11-27(24)39-28-26(12-15-33-34-28)35-16-13-30(18-35)19-36(20-30)25(21(2)3)9-8-14-32-6/h10-12,15,17,21-22,25,32H,7-9,13-14,16,18-20H2,1-6H3. The first kappa shape index (κ1) is 29.2. The van der Waals surface area contributed by atoms with Crippen LogP contribution in [-0.2, 0) is 0 Å². The van der Waals surface area contributed by atoms with Gasteiger partial charge in [-0.2, -0.15) is 5.10 Å². The van der Waals surface area contributed by atoms with Crippen molar-refractivity contribution in [1.29, 1.82) is 0 Å². The molecule has 0 aliphatic carbocycles. The summed E-state index contributed by atoms with van der Waals surface area (Å²) in [7, 11) is 2.02. The van der Waals surface area contributed by atoms with E-state index in [9.17, 15) is 9.18 Å². The molecule has 3 heterocycles. The Bertz CT molecular complexity index is 1120. The predicted octanol–water partition coefficient (Wildman–Crippen LogP) is 4.81. The molecule has 2 aliphatic rings. The summed E-state index contributed by atoms with van der Waals surface area (Å²) in [5.74, 6) is 0.509. The Balaban J connectivity index is 1.49. The van der Waals surface area contributed by atoms with Crippen LogP contribution in [0.5, 0.6) is 11.6 Å². The van der Waals surface area contributed by atoms with Crippen molar-refractivity contribution < 1.29 is 13.9 Å². The van der Waals surface area contributed by atoms with E-state index in [0.29, 0.717) is 24.4 Å². The summed E-state index contributed by atoms with van der Waals surface area (Å²) in [5.41, 5.74) is 1.31. The molecule has 0 radical (unpaired) electrons. The number of carbonyl (C=O) groups is 1. The van der Waals surface area contributed by atoms with Crippen LogP contribution < -0.4 is 15.0 Å². The van der Waals surface area contributed by atoms with E-state index in [-0.39, 0.29) is 28.7 Å². The van der Waals surface area contributed by atoms with Crippen LogP contribution >= 0.6 is 0 Å². The van der Waals surface area contributed by atoms with Gasteiger partial charge in [-0.15, -0.1) is 5.10 Å². The molecule has 4 rings (SSSR count). The molecule has 39 heavy (non-hydrogen) atoms. The fourth-order valence-corrected chi connectivity index (χ4v) is 6.26. The highest BCUT2D eigenvalue weighted by Gasteiger charge is 2.50. The maximum absolute atomic E-state index is 14.2. The maximum atomic E-state index is 14.2. The van der Waals surface area contributed by atoms with E-state index in [1.54, 1.807) is 11.1 Å². The quantitative estimate of drug-likeness (QED) is 0.387. The van der Waals surface area contributed by atoms with E-state index in [2.05, 4.69) is 39.2 Å². The van der Waals surface area contributed by atoms with Crippen LogP contribution in [0.25, 0.3) is 0 Å². The molecule has 1 aromatic carbocycles. The molecular formula is C30H45FN6O2. The van der Waals surface area contributed by atoms with Gasteiger partial charge in [0.2, 0.25) is 0 Å². The van der Waals surface area contributed by atoms with E-state index in [4.69, 9.17) is 4.74 Å². The Morgan fingerprint density at radius 3 is 2.64 bits per heavy atom. The highest BCUT2D eigenvalue weighted by atomic mass is 19.1. The van der Waals surface area contributed by atoms with E-state index in [0.717, 1.165) is 44.8 Å². The van der Waals surface area contributed by atoms with E-state index in [1.165, 1.54) is 31.0 Å². The van der Waals surface area contributed by atoms with Gasteiger partial charge in [0, 0.05) is 50.2 Å². The third kappa shape index (κ3) is 6.52. The van der Waals surface area contributed by atoms with E-state index < -0.39 is 5.82 Å². The molecule has 9 heteroatoms. The molecule has 1 unspecified atom stereocenters. The average Bonchev–Trinajstić information content (AvgIpc) is 3.33. The normalized spacial score (nSPS) is 17.6. The molecular weight excluding hydrogens is 495 g/mol. The van der Waals surface area contributed by atoms with Gasteiger partial charge < -0.3 is 19.9 Å². The summed E-state index contributed by atoms with van der Waals surface area (Å²) < 4.78 is 20.4. The maximum Gasteiger partial charge on any atom is 0.262 e. The van der Waals surface area contributed by atoms with Crippen LogP contribution in [0.3, 0.4) is 0 Å². The van der Waals surface area contributed by atoms with Crippen LogP contribution in [0.2, 0.25) is 0 Å². The number of halogens is 1. The smallest absolute Gasteiger partial charge is 0.262 e. The van der Waals surface area contributed by atoms with Crippen molar-refractivity contribution in [2.24, 2.45) is 11.3 Å². The third-order valence-electron chi connectivity index (χ3n) is 8.29. The van der Waals surface area contributed by atoms with Gasteiger partial charge in [0.1, 0.15) is 17.3 Å². The zero-order valence-corrected chi connectivity index (χ0v) is 24.4. The monoisotopic (exact) mass is 540 g/mol. The number of rotatable bonds is 12. The van der Waals surface area contributed by atoms with Crippen LogP contribution in [-0.4, -0.2) is 84.3 Å². The average molecular weight is 541 g/mol. The molecule has 1 N–H and O–H groups in total. The Hall–Kier alpha value is -2.78. The van der Waals surface area contributed by atoms with Gasteiger partial charge in [-0.1, -0.05) is 13.8 Å². The number of hydrogen-bond acceptors (Lipinski definition) is 7. The summed E-state index contributed by atoms with van der Waals surface area (Å²) in [5, 5.41) is 11.6. The minimum absolute atomic E-state index is 0.0212. The predicted molar refractivity (Wildman–Crippen MR) is 153 cm³/mol. The van der Waals surface area contributed by atoms with Crippen molar-refractivity contribution in [2.75, 3.05) is 51.2 Å². The van der Waals surface area contributed by atoms with Crippen LogP contribution in [0.1, 0.15) is 64.2 Å². The number of nitrogens with one attached hydrogen (secondary N) is 1. The summed E-state index contributed by atoms with van der Waals surface area (Å²) in [6, 6.07) is 6.57. The fraction of sp³-hybridized carbons (Fsp3) is 0.633. The largest absolute Gasteiger partial charge is 0.435 e. The van der Waals surface area contributed by atoms with Crippen LogP contribution in [0.4, 0.5) is 10.1 Å². The molecule has 0 saturated carbocycles. The molecule has 8 nitrogen and oxygen atoms in total. The van der Waals surface area contributed by atoms with Crippen molar-refractivity contribution in [1.82, 2.24) is 25.3 Å². The number of hydrogen-bond donors (Lipinski definition) is 1. The molecule has 2 aromatic rings. The number of ether oxygens (including phenoxy) is 1. The number of aromatic nitrogens is 2. The summed E-state index contributed by atoms with van der Waals surface area (Å²) >= 11 is 0.